The third kappa shape index (κ3) is 4.68. The van der Waals surface area contributed by atoms with E-state index in [1.165, 1.54) is 35.2 Å². The largest absolute Gasteiger partial charge is 0.395 e. The summed E-state index contributed by atoms with van der Waals surface area (Å²) >= 11 is 2.77. The van der Waals surface area contributed by atoms with E-state index in [-0.39, 0.29) is 16.5 Å². The lowest BCUT2D eigenvalue weighted by atomic mass is 9.79. The minimum absolute atomic E-state index is 0.0910. The van der Waals surface area contributed by atoms with E-state index in [1.807, 2.05) is 18.0 Å². The summed E-state index contributed by atoms with van der Waals surface area (Å²) in [6.45, 7) is 10.5. The molecule has 0 saturated heterocycles. The van der Waals surface area contributed by atoms with Crippen LogP contribution in [-0.4, -0.2) is 26.1 Å². The van der Waals surface area contributed by atoms with Crippen molar-refractivity contribution in [2.75, 3.05) is 0 Å². The topological polar surface area (TPSA) is 54.5 Å². The number of ether oxygens (including phenoxy) is 1. The number of nitrogens with zero attached hydrogens (tertiary/aromatic N) is 2. The molecule has 2 heterocycles. The quantitative estimate of drug-likeness (QED) is 0.478. The molecular weight excluding hydrogens is 457 g/mol. The Morgan fingerprint density at radius 2 is 2.15 bits per heavy atom. The maximum absolute atomic E-state index is 14.3. The predicted molar refractivity (Wildman–Crippen MR) is 133 cm³/mol. The van der Waals surface area contributed by atoms with Crippen molar-refractivity contribution in [3.63, 3.8) is 0 Å². The number of thiazole rings is 1. The Hall–Kier alpha value is -2.32. The minimum Gasteiger partial charge on any atom is -0.395 e. The molecule has 0 radical (unpaired) electrons. The van der Waals surface area contributed by atoms with Gasteiger partial charge >= 0.3 is 5.97 Å². The third-order valence-corrected chi connectivity index (χ3v) is 7.94. The molecule has 1 aliphatic heterocycles. The fraction of sp³-hybridized carbons (Fsp3) is 0.440. The van der Waals surface area contributed by atoms with E-state index >= 15 is 0 Å². The molecule has 0 fully saturated rings. The van der Waals surface area contributed by atoms with Gasteiger partial charge in [0.15, 0.2) is 0 Å². The van der Waals surface area contributed by atoms with Crippen LogP contribution < -0.4 is 10.2 Å². The Bertz CT molecular complexity index is 1090. The van der Waals surface area contributed by atoms with E-state index in [9.17, 15) is 9.18 Å². The molecule has 5 nitrogen and oxygen atoms in total. The van der Waals surface area contributed by atoms with E-state index in [1.54, 1.807) is 17.6 Å². The van der Waals surface area contributed by atoms with Crippen molar-refractivity contribution in [3.05, 3.63) is 64.7 Å². The van der Waals surface area contributed by atoms with Crippen LogP contribution in [0.5, 0.6) is 5.19 Å². The van der Waals surface area contributed by atoms with Gasteiger partial charge in [-0.25, -0.2) is 14.2 Å². The van der Waals surface area contributed by atoms with Crippen molar-refractivity contribution in [2.24, 2.45) is 5.41 Å². The van der Waals surface area contributed by atoms with Crippen LogP contribution in [-0.2, 0) is 4.79 Å². The van der Waals surface area contributed by atoms with Gasteiger partial charge in [0.1, 0.15) is 5.82 Å². The second kappa shape index (κ2) is 9.14. The Balaban J connectivity index is 1.88. The van der Waals surface area contributed by atoms with E-state index in [0.29, 0.717) is 16.3 Å². The number of carbonyl (C=O) groups excluding carboxylic acids is 1. The molecule has 8 heteroatoms. The molecule has 1 aliphatic carbocycles. The van der Waals surface area contributed by atoms with Crippen molar-refractivity contribution < 1.29 is 13.9 Å². The first kappa shape index (κ1) is 23.8. The summed E-state index contributed by atoms with van der Waals surface area (Å²) in [4.78, 5) is 17.0. The molecule has 0 saturated carbocycles. The lowest BCUT2D eigenvalue weighted by Gasteiger charge is -2.42. The second-order valence-electron chi connectivity index (χ2n) is 9.52. The molecule has 0 amide bonds. The molecule has 1 atom stereocenters. The minimum atomic E-state index is -1.23. The first-order valence-electron chi connectivity index (χ1n) is 11.2. The highest BCUT2D eigenvalue weighted by Crippen LogP contribution is 2.52. The first-order chi connectivity index (χ1) is 15.6. The molecule has 176 valence electrons. The first-order valence-corrected chi connectivity index (χ1v) is 12.9. The summed E-state index contributed by atoms with van der Waals surface area (Å²) < 4.78 is 20.2. The Kier molecular flexibility index (Phi) is 6.60. The van der Waals surface area contributed by atoms with Crippen molar-refractivity contribution in [3.8, 4) is 5.19 Å². The summed E-state index contributed by atoms with van der Waals surface area (Å²) in [5.74, 6) is -0.785. The predicted octanol–water partition coefficient (Wildman–Crippen LogP) is 6.37. The molecule has 0 spiro atoms. The lowest BCUT2D eigenvalue weighted by molar-refractivity contribution is -0.139. The lowest BCUT2D eigenvalue weighted by Crippen LogP contribution is -2.55. The highest BCUT2D eigenvalue weighted by atomic mass is 32.2. The zero-order valence-corrected chi connectivity index (χ0v) is 21.3. The molecule has 4 rings (SSSR count). The van der Waals surface area contributed by atoms with Gasteiger partial charge in [0.2, 0.25) is 4.87 Å². The number of halogens is 1. The number of thioether (sulfide) groups is 1. The van der Waals surface area contributed by atoms with Crippen LogP contribution in [0.15, 0.2) is 53.3 Å². The zero-order chi connectivity index (χ0) is 23.8. The molecular formula is C25H30FN3O2S2. The summed E-state index contributed by atoms with van der Waals surface area (Å²) in [6, 6.07) is 6.41. The van der Waals surface area contributed by atoms with E-state index < -0.39 is 10.8 Å². The molecule has 1 aromatic carbocycles. The van der Waals surface area contributed by atoms with Crippen molar-refractivity contribution >= 4 is 34.6 Å². The van der Waals surface area contributed by atoms with Gasteiger partial charge in [-0.3, -0.25) is 5.01 Å². The van der Waals surface area contributed by atoms with Gasteiger partial charge in [-0.1, -0.05) is 57.2 Å². The number of aromatic nitrogens is 1. The van der Waals surface area contributed by atoms with Gasteiger partial charge in [0.05, 0.1) is 0 Å². The smallest absolute Gasteiger partial charge is 0.356 e. The molecule has 1 unspecified atom stereocenters. The Labute approximate surface area is 203 Å². The van der Waals surface area contributed by atoms with Crippen LogP contribution in [0.1, 0.15) is 59.4 Å². The average molecular weight is 488 g/mol. The number of hydrogen-bond acceptors (Lipinski definition) is 7. The van der Waals surface area contributed by atoms with Crippen LogP contribution in [0, 0.1) is 11.2 Å². The highest BCUT2D eigenvalue weighted by molar-refractivity contribution is 8.02. The third-order valence-electron chi connectivity index (χ3n) is 5.93. The molecule has 1 N–H and O–H groups in total. The van der Waals surface area contributed by atoms with Crippen molar-refractivity contribution in [1.29, 1.82) is 0 Å². The van der Waals surface area contributed by atoms with E-state index in [4.69, 9.17) is 4.74 Å². The number of hydrogen-bond donors (Lipinski definition) is 1. The number of allylic oxidation sites excluding steroid dienone is 3. The highest BCUT2D eigenvalue weighted by Gasteiger charge is 2.57. The molecule has 0 bridgehead atoms. The molecule has 2 aliphatic rings. The SMILES string of the molecule is CC1=C(c2cccc(F)c2)C(SC(C)C)(C(=O)Oc2nccs2)N(C2=CCC(C)(C)CC2)N1. The monoisotopic (exact) mass is 487 g/mol. The zero-order valence-electron chi connectivity index (χ0n) is 19.6. The van der Waals surface area contributed by atoms with Gasteiger partial charge in [-0.2, -0.15) is 0 Å². The maximum Gasteiger partial charge on any atom is 0.356 e. The maximum atomic E-state index is 14.3. The number of esters is 1. The summed E-state index contributed by atoms with van der Waals surface area (Å²) in [6.07, 6.45) is 6.58. The summed E-state index contributed by atoms with van der Waals surface area (Å²) in [7, 11) is 0. The van der Waals surface area contributed by atoms with Gasteiger partial charge in [-0.15, -0.1) is 11.8 Å². The van der Waals surface area contributed by atoms with Crippen molar-refractivity contribution in [1.82, 2.24) is 15.4 Å². The second-order valence-corrected chi connectivity index (χ2v) is 12.1. The number of carbonyl (C=O) groups is 1. The summed E-state index contributed by atoms with van der Waals surface area (Å²) in [5, 5.41) is 4.12. The van der Waals surface area contributed by atoms with Crippen LogP contribution in [0.4, 0.5) is 4.39 Å². The van der Waals surface area contributed by atoms with E-state index in [2.05, 4.69) is 44.2 Å². The number of rotatable bonds is 6. The summed E-state index contributed by atoms with van der Waals surface area (Å²) in [5.41, 5.74) is 6.89. The fourth-order valence-electron chi connectivity index (χ4n) is 4.37. The fourth-order valence-corrected chi connectivity index (χ4v) is 6.33. The molecule has 33 heavy (non-hydrogen) atoms. The molecule has 2 aromatic rings. The normalized spacial score (nSPS) is 22.4. The van der Waals surface area contributed by atoms with Crippen LogP contribution in [0.25, 0.3) is 5.57 Å². The van der Waals surface area contributed by atoms with Crippen LogP contribution in [0.3, 0.4) is 0 Å². The number of hydrazine groups is 1. The van der Waals surface area contributed by atoms with E-state index in [0.717, 1.165) is 30.7 Å². The van der Waals surface area contributed by atoms with Gasteiger partial charge in [-0.05, 0) is 49.3 Å². The Morgan fingerprint density at radius 1 is 1.36 bits per heavy atom. The standard InChI is InChI=1S/C25H30FN3O2S2/c1-16(2)33-25(22(30)31-23-27-13-14-32-23)21(18-7-6-8-19(26)15-18)17(3)28-29(25)20-9-11-24(4,5)12-10-20/h6-9,13-16,28H,10-12H2,1-5H3. The van der Waals surface area contributed by atoms with Gasteiger partial charge in [0.25, 0.3) is 5.19 Å². The number of nitrogens with one attached hydrogen (secondary N) is 1. The van der Waals surface area contributed by atoms with Crippen molar-refractivity contribution in [2.45, 2.75) is 64.0 Å². The van der Waals surface area contributed by atoms with Crippen LogP contribution in [0.2, 0.25) is 0 Å². The number of benzene rings is 1. The van der Waals surface area contributed by atoms with Crippen LogP contribution >= 0.6 is 23.1 Å². The molecule has 1 aromatic heterocycles. The average Bonchev–Trinajstić information content (AvgIpc) is 3.34. The Morgan fingerprint density at radius 3 is 2.76 bits per heavy atom. The van der Waals surface area contributed by atoms with Gasteiger partial charge < -0.3 is 10.2 Å². The van der Waals surface area contributed by atoms with Gasteiger partial charge in [0, 0.05) is 33.8 Å².